The van der Waals surface area contributed by atoms with Crippen LogP contribution in [-0.2, 0) is 16.0 Å². The fourth-order valence-corrected chi connectivity index (χ4v) is 5.43. The number of benzene rings is 1. The zero-order valence-corrected chi connectivity index (χ0v) is 21.8. The van der Waals surface area contributed by atoms with Crippen LogP contribution in [0.1, 0.15) is 63.1 Å². The molecule has 1 aromatic carbocycles. The second kappa shape index (κ2) is 12.9. The fraction of sp³-hybridized carbons (Fsp3) is 0.571. The van der Waals surface area contributed by atoms with E-state index in [1.165, 1.54) is 6.33 Å². The topological polar surface area (TPSA) is 105 Å². The van der Waals surface area contributed by atoms with Crippen molar-refractivity contribution in [3.8, 4) is 11.5 Å². The van der Waals surface area contributed by atoms with Crippen molar-refractivity contribution in [3.63, 3.8) is 0 Å². The predicted octanol–water partition coefficient (Wildman–Crippen LogP) is 3.74. The highest BCUT2D eigenvalue weighted by Gasteiger charge is 2.47. The number of unbranched alkanes of at least 4 members (excludes halogenated alkanes) is 2. The molecular weight excluding hydrogens is 472 g/mol. The maximum Gasteiger partial charge on any atom is 0.308 e. The first-order valence-corrected chi connectivity index (χ1v) is 13.4. The molecule has 4 rings (SSSR count). The number of aliphatic carboxylic acids is 1. The number of rotatable bonds is 13. The summed E-state index contributed by atoms with van der Waals surface area (Å²) in [4.78, 5) is 38.5. The lowest BCUT2D eigenvalue weighted by molar-refractivity contribution is -0.143. The smallest absolute Gasteiger partial charge is 0.308 e. The molecule has 3 heterocycles. The second-order valence-electron chi connectivity index (χ2n) is 9.91. The molecule has 1 aromatic heterocycles. The average molecular weight is 511 g/mol. The summed E-state index contributed by atoms with van der Waals surface area (Å²) in [5.41, 5.74) is 1.76. The van der Waals surface area contributed by atoms with E-state index in [-0.39, 0.29) is 31.2 Å². The van der Waals surface area contributed by atoms with Gasteiger partial charge in [-0.15, -0.1) is 0 Å². The van der Waals surface area contributed by atoms with Gasteiger partial charge in [0.15, 0.2) is 11.5 Å². The van der Waals surface area contributed by atoms with Crippen LogP contribution in [0.25, 0.3) is 0 Å². The van der Waals surface area contributed by atoms with E-state index in [0.29, 0.717) is 30.9 Å². The molecular formula is C28H38N4O5. The summed E-state index contributed by atoms with van der Waals surface area (Å²) in [5, 5.41) is 10.4. The summed E-state index contributed by atoms with van der Waals surface area (Å²) in [6.45, 7) is 6.60. The van der Waals surface area contributed by atoms with Crippen molar-refractivity contribution in [2.75, 3.05) is 33.0 Å². The Kier molecular flexibility index (Phi) is 9.33. The summed E-state index contributed by atoms with van der Waals surface area (Å²) < 4.78 is 11.0. The Bertz CT molecular complexity index is 1040. The molecule has 0 spiro atoms. The van der Waals surface area contributed by atoms with Crippen LogP contribution in [0.2, 0.25) is 0 Å². The molecule has 1 amide bonds. The molecule has 1 fully saturated rings. The van der Waals surface area contributed by atoms with Crippen LogP contribution in [0.15, 0.2) is 36.8 Å². The van der Waals surface area contributed by atoms with Gasteiger partial charge < -0.3 is 19.5 Å². The van der Waals surface area contributed by atoms with Crippen LogP contribution in [0.5, 0.6) is 11.5 Å². The van der Waals surface area contributed by atoms with E-state index in [0.717, 1.165) is 50.0 Å². The maximum absolute atomic E-state index is 13.5. The lowest BCUT2D eigenvalue weighted by Gasteiger charge is -2.29. The lowest BCUT2D eigenvalue weighted by atomic mass is 9.83. The van der Waals surface area contributed by atoms with E-state index >= 15 is 0 Å². The van der Waals surface area contributed by atoms with Crippen molar-refractivity contribution >= 4 is 11.9 Å². The van der Waals surface area contributed by atoms with Crippen LogP contribution in [0, 0.1) is 5.92 Å². The minimum atomic E-state index is -0.848. The Morgan fingerprint density at radius 2 is 1.86 bits per heavy atom. The Morgan fingerprint density at radius 3 is 2.54 bits per heavy atom. The van der Waals surface area contributed by atoms with Crippen LogP contribution >= 0.6 is 0 Å². The number of nitrogens with zero attached hydrogens (tertiary/aromatic N) is 4. The number of fused-ring (bicyclic) bond motifs is 1. The summed E-state index contributed by atoms with van der Waals surface area (Å²) >= 11 is 0. The van der Waals surface area contributed by atoms with E-state index in [2.05, 4.69) is 28.7 Å². The molecule has 0 aliphatic carbocycles. The highest BCUT2D eigenvalue weighted by Crippen LogP contribution is 2.43. The second-order valence-corrected chi connectivity index (χ2v) is 9.91. The predicted molar refractivity (Wildman–Crippen MR) is 139 cm³/mol. The van der Waals surface area contributed by atoms with Crippen molar-refractivity contribution < 1.29 is 24.2 Å². The summed E-state index contributed by atoms with van der Waals surface area (Å²) in [6, 6.07) is 7.22. The Hall–Kier alpha value is -3.20. The molecule has 3 atom stereocenters. The number of hydrogen-bond donors (Lipinski definition) is 1. The van der Waals surface area contributed by atoms with Gasteiger partial charge in [-0.25, -0.2) is 9.97 Å². The van der Waals surface area contributed by atoms with Gasteiger partial charge in [0.1, 0.15) is 6.33 Å². The van der Waals surface area contributed by atoms with Gasteiger partial charge in [0.25, 0.3) is 0 Å². The standard InChI is InChI=1S/C28H38N4O5/c1-3-5-13-31(14-6-4-2)26(33)17-32-16-22(20-7-10-24-25(15-20)37-19-36-24)27(28(34)35)23(32)9-8-21-11-12-29-18-30-21/h7,10-12,15,18,22-23,27H,3-6,8-9,13-14,16-17,19H2,1-2H3,(H,34,35)/t22-,23+,27-/m1/s1. The lowest BCUT2D eigenvalue weighted by Crippen LogP contribution is -2.44. The highest BCUT2D eigenvalue weighted by molar-refractivity contribution is 5.79. The monoisotopic (exact) mass is 510 g/mol. The van der Waals surface area contributed by atoms with Crippen LogP contribution < -0.4 is 9.47 Å². The zero-order chi connectivity index (χ0) is 26.2. The van der Waals surface area contributed by atoms with Crippen LogP contribution in [-0.4, -0.2) is 75.8 Å². The van der Waals surface area contributed by atoms with Gasteiger partial charge in [0, 0.05) is 43.5 Å². The molecule has 2 aliphatic heterocycles. The molecule has 0 bridgehead atoms. The van der Waals surface area contributed by atoms with Crippen molar-refractivity contribution in [3.05, 3.63) is 48.0 Å². The molecule has 9 heteroatoms. The number of likely N-dealkylation sites (tertiary alicyclic amines) is 1. The minimum Gasteiger partial charge on any atom is -0.481 e. The third kappa shape index (κ3) is 6.57. The minimum absolute atomic E-state index is 0.0735. The number of hydrogen-bond acceptors (Lipinski definition) is 7. The van der Waals surface area contributed by atoms with E-state index in [4.69, 9.17) is 9.47 Å². The van der Waals surface area contributed by atoms with E-state index in [1.54, 1.807) is 6.20 Å². The highest BCUT2D eigenvalue weighted by atomic mass is 16.7. The van der Waals surface area contributed by atoms with Crippen molar-refractivity contribution in [2.45, 2.75) is 64.3 Å². The number of carbonyl (C=O) groups excluding carboxylic acids is 1. The third-order valence-corrected chi connectivity index (χ3v) is 7.45. The van der Waals surface area contributed by atoms with Gasteiger partial charge in [-0.1, -0.05) is 32.8 Å². The van der Waals surface area contributed by atoms with Gasteiger partial charge in [-0.2, -0.15) is 0 Å². The normalized spacial score (nSPS) is 20.8. The molecule has 0 saturated carbocycles. The van der Waals surface area contributed by atoms with Gasteiger partial charge in [-0.3, -0.25) is 14.5 Å². The number of aromatic nitrogens is 2. The first-order chi connectivity index (χ1) is 18.0. The number of aryl methyl sites for hydroxylation is 1. The molecule has 37 heavy (non-hydrogen) atoms. The summed E-state index contributed by atoms with van der Waals surface area (Å²) in [7, 11) is 0. The zero-order valence-electron chi connectivity index (χ0n) is 21.8. The average Bonchev–Trinajstić information content (AvgIpc) is 3.52. The Labute approximate surface area is 218 Å². The molecule has 2 aromatic rings. The Morgan fingerprint density at radius 1 is 1.11 bits per heavy atom. The van der Waals surface area contributed by atoms with E-state index in [1.807, 2.05) is 29.2 Å². The van der Waals surface area contributed by atoms with Crippen molar-refractivity contribution in [1.82, 2.24) is 19.8 Å². The molecule has 2 aliphatic rings. The largest absolute Gasteiger partial charge is 0.481 e. The molecule has 200 valence electrons. The molecule has 1 N–H and O–H groups in total. The van der Waals surface area contributed by atoms with Crippen LogP contribution in [0.4, 0.5) is 0 Å². The molecule has 0 radical (unpaired) electrons. The number of amides is 1. The van der Waals surface area contributed by atoms with Crippen molar-refractivity contribution in [2.24, 2.45) is 5.92 Å². The van der Waals surface area contributed by atoms with Gasteiger partial charge in [0.05, 0.1) is 12.5 Å². The quantitative estimate of drug-likeness (QED) is 0.435. The summed E-state index contributed by atoms with van der Waals surface area (Å²) in [5.74, 6) is -0.393. The SMILES string of the molecule is CCCCN(CCCC)C(=O)CN1C[C@H](c2ccc3c(c2)OCO3)[C@@H](C(=O)O)[C@@H]1CCc1ccncn1. The van der Waals surface area contributed by atoms with E-state index in [9.17, 15) is 14.7 Å². The Balaban J connectivity index is 1.59. The van der Waals surface area contributed by atoms with Gasteiger partial charge in [-0.05, 0) is 49.4 Å². The molecule has 0 unspecified atom stereocenters. The van der Waals surface area contributed by atoms with Gasteiger partial charge >= 0.3 is 5.97 Å². The van der Waals surface area contributed by atoms with Crippen molar-refractivity contribution in [1.29, 1.82) is 0 Å². The van der Waals surface area contributed by atoms with Crippen LogP contribution in [0.3, 0.4) is 0 Å². The first kappa shape index (κ1) is 26.9. The van der Waals surface area contributed by atoms with Gasteiger partial charge in [0.2, 0.25) is 12.7 Å². The molecule has 9 nitrogen and oxygen atoms in total. The van der Waals surface area contributed by atoms with E-state index < -0.39 is 11.9 Å². The molecule has 1 saturated heterocycles. The maximum atomic E-state index is 13.5. The number of carboxylic acid groups (broad SMARTS) is 1. The third-order valence-electron chi connectivity index (χ3n) is 7.45. The fourth-order valence-electron chi connectivity index (χ4n) is 5.43. The number of carbonyl (C=O) groups is 2. The summed E-state index contributed by atoms with van der Waals surface area (Å²) in [6.07, 6.45) is 8.38. The first-order valence-electron chi connectivity index (χ1n) is 13.4. The number of carboxylic acids is 1. The number of ether oxygens (including phenoxy) is 2.